The van der Waals surface area contributed by atoms with Crippen LogP contribution in [0.25, 0.3) is 0 Å². The summed E-state index contributed by atoms with van der Waals surface area (Å²) in [6.45, 7) is 2.11. The van der Waals surface area contributed by atoms with E-state index >= 15 is 0 Å². The Balaban J connectivity index is 1.72. The number of fused-ring (bicyclic) bond motifs is 2. The Morgan fingerprint density at radius 1 is 1.22 bits per heavy atom. The molecule has 0 aliphatic carbocycles. The van der Waals surface area contributed by atoms with E-state index in [1.54, 1.807) is 0 Å². The van der Waals surface area contributed by atoms with Crippen molar-refractivity contribution in [1.82, 2.24) is 4.90 Å². The van der Waals surface area contributed by atoms with Gasteiger partial charge in [-0.1, -0.05) is 17.7 Å². The fourth-order valence-electron chi connectivity index (χ4n) is 3.50. The quantitative estimate of drug-likeness (QED) is 0.877. The highest BCUT2D eigenvalue weighted by Gasteiger charge is 2.38. The van der Waals surface area contributed by atoms with Crippen LogP contribution < -0.4 is 5.32 Å². The van der Waals surface area contributed by atoms with Gasteiger partial charge in [-0.3, -0.25) is 0 Å². The van der Waals surface area contributed by atoms with Gasteiger partial charge in [0.15, 0.2) is 0 Å². The van der Waals surface area contributed by atoms with Crippen molar-refractivity contribution in [3.63, 3.8) is 0 Å². The zero-order valence-corrected chi connectivity index (χ0v) is 11.9. The average molecular weight is 265 g/mol. The van der Waals surface area contributed by atoms with Gasteiger partial charge in [0, 0.05) is 18.1 Å². The van der Waals surface area contributed by atoms with Crippen molar-refractivity contribution in [1.29, 1.82) is 0 Å². The molecule has 2 atom stereocenters. The van der Waals surface area contributed by atoms with Gasteiger partial charge < -0.3 is 10.2 Å². The number of rotatable bonds is 2. The molecule has 0 radical (unpaired) electrons. The molecule has 2 unspecified atom stereocenters. The Morgan fingerprint density at radius 2 is 1.89 bits per heavy atom. The second-order valence-corrected chi connectivity index (χ2v) is 6.25. The Morgan fingerprint density at radius 3 is 2.56 bits per heavy atom. The van der Waals surface area contributed by atoms with Crippen LogP contribution in [-0.4, -0.2) is 30.1 Å². The topological polar surface area (TPSA) is 15.3 Å². The van der Waals surface area contributed by atoms with E-state index in [-0.39, 0.29) is 0 Å². The second-order valence-electron chi connectivity index (χ2n) is 5.85. The first-order valence-electron chi connectivity index (χ1n) is 6.88. The molecule has 3 heteroatoms. The molecule has 3 rings (SSSR count). The predicted octanol–water partition coefficient (Wildman–Crippen LogP) is 3.69. The maximum absolute atomic E-state index is 6.26. The normalized spacial score (nSPS) is 31.6. The number of hydrogen-bond donors (Lipinski definition) is 1. The summed E-state index contributed by atoms with van der Waals surface area (Å²) in [5, 5.41) is 4.49. The van der Waals surface area contributed by atoms with Crippen molar-refractivity contribution in [2.75, 3.05) is 12.4 Å². The number of aryl methyl sites for hydroxylation is 1. The van der Waals surface area contributed by atoms with Crippen LogP contribution in [0.2, 0.25) is 5.02 Å². The van der Waals surface area contributed by atoms with Gasteiger partial charge in [-0.15, -0.1) is 0 Å². The number of halogens is 1. The summed E-state index contributed by atoms with van der Waals surface area (Å²) in [7, 11) is 2.28. The predicted molar refractivity (Wildman–Crippen MR) is 77.4 cm³/mol. The Labute approximate surface area is 114 Å². The van der Waals surface area contributed by atoms with Gasteiger partial charge in [0.2, 0.25) is 0 Å². The van der Waals surface area contributed by atoms with E-state index in [0.717, 1.165) is 22.8 Å². The monoisotopic (exact) mass is 264 g/mol. The maximum Gasteiger partial charge on any atom is 0.0637 e. The first kappa shape index (κ1) is 12.3. The van der Waals surface area contributed by atoms with Gasteiger partial charge in [0.25, 0.3) is 0 Å². The van der Waals surface area contributed by atoms with Crippen LogP contribution in [-0.2, 0) is 0 Å². The molecule has 0 saturated carbocycles. The van der Waals surface area contributed by atoms with E-state index in [1.165, 1.54) is 31.2 Å². The summed E-state index contributed by atoms with van der Waals surface area (Å²) in [5.41, 5.74) is 2.36. The Hall–Kier alpha value is -0.730. The van der Waals surface area contributed by atoms with Crippen molar-refractivity contribution in [3.05, 3.63) is 28.8 Å². The van der Waals surface area contributed by atoms with Crippen LogP contribution in [0.3, 0.4) is 0 Å². The van der Waals surface area contributed by atoms with Gasteiger partial charge in [-0.2, -0.15) is 0 Å². The first-order valence-corrected chi connectivity index (χ1v) is 7.26. The highest BCUT2D eigenvalue weighted by molar-refractivity contribution is 6.33. The molecule has 2 aliphatic rings. The summed E-state index contributed by atoms with van der Waals surface area (Å²) < 4.78 is 0. The molecule has 2 saturated heterocycles. The van der Waals surface area contributed by atoms with Crippen molar-refractivity contribution in [2.45, 2.75) is 50.7 Å². The number of anilines is 1. The minimum Gasteiger partial charge on any atom is -0.381 e. The number of nitrogens with one attached hydrogen (secondary N) is 1. The van der Waals surface area contributed by atoms with E-state index in [2.05, 4.69) is 36.3 Å². The summed E-state index contributed by atoms with van der Waals surface area (Å²) in [6.07, 6.45) is 5.22. The minimum atomic E-state index is 0.581. The molecule has 0 amide bonds. The van der Waals surface area contributed by atoms with Gasteiger partial charge in [0.05, 0.1) is 10.7 Å². The molecular weight excluding hydrogens is 244 g/mol. The van der Waals surface area contributed by atoms with E-state index in [9.17, 15) is 0 Å². The second kappa shape index (κ2) is 4.75. The fourth-order valence-corrected chi connectivity index (χ4v) is 3.67. The van der Waals surface area contributed by atoms with Crippen molar-refractivity contribution >= 4 is 17.3 Å². The van der Waals surface area contributed by atoms with E-state index in [1.807, 2.05) is 6.07 Å². The molecule has 2 nitrogen and oxygen atoms in total. The highest BCUT2D eigenvalue weighted by Crippen LogP contribution is 2.36. The largest absolute Gasteiger partial charge is 0.381 e. The number of hydrogen-bond acceptors (Lipinski definition) is 2. The first-order chi connectivity index (χ1) is 8.63. The molecule has 0 aromatic heterocycles. The van der Waals surface area contributed by atoms with Crippen LogP contribution in [0.4, 0.5) is 5.69 Å². The zero-order valence-electron chi connectivity index (χ0n) is 11.1. The molecule has 2 heterocycles. The summed E-state index contributed by atoms with van der Waals surface area (Å²) in [4.78, 5) is 2.57. The molecule has 2 bridgehead atoms. The average Bonchev–Trinajstić information content (AvgIpc) is 2.58. The molecule has 98 valence electrons. The highest BCUT2D eigenvalue weighted by atomic mass is 35.5. The molecular formula is C15H21ClN2. The zero-order chi connectivity index (χ0) is 12.7. The smallest absolute Gasteiger partial charge is 0.0637 e. The van der Waals surface area contributed by atoms with Crippen LogP contribution in [0.5, 0.6) is 0 Å². The molecule has 1 N–H and O–H groups in total. The Bertz CT molecular complexity index is 432. The van der Waals surface area contributed by atoms with Crippen molar-refractivity contribution in [2.24, 2.45) is 0 Å². The van der Waals surface area contributed by atoms with E-state index < -0.39 is 0 Å². The third-order valence-corrected chi connectivity index (χ3v) is 4.91. The molecule has 2 aliphatic heterocycles. The van der Waals surface area contributed by atoms with Crippen molar-refractivity contribution < 1.29 is 0 Å². The van der Waals surface area contributed by atoms with Crippen LogP contribution in [0.15, 0.2) is 18.2 Å². The lowest BCUT2D eigenvalue weighted by molar-refractivity contribution is 0.169. The van der Waals surface area contributed by atoms with E-state index in [0.29, 0.717) is 6.04 Å². The summed E-state index contributed by atoms with van der Waals surface area (Å²) in [5.74, 6) is 0. The minimum absolute atomic E-state index is 0.581. The lowest BCUT2D eigenvalue weighted by atomic mass is 9.97. The number of nitrogens with zero attached hydrogens (tertiary/aromatic N) is 1. The molecule has 1 aromatic carbocycles. The molecule has 0 spiro atoms. The van der Waals surface area contributed by atoms with Crippen LogP contribution in [0.1, 0.15) is 31.2 Å². The van der Waals surface area contributed by atoms with Crippen molar-refractivity contribution in [3.8, 4) is 0 Å². The SMILES string of the molecule is Cc1ccc(Cl)c(NC2CC3CCC(C2)N3C)c1. The van der Waals surface area contributed by atoms with Gasteiger partial charge in [-0.25, -0.2) is 0 Å². The standard InChI is InChI=1S/C15H21ClN2/c1-10-3-6-14(16)15(7-10)17-11-8-12-4-5-13(9-11)18(12)2/h3,6-7,11-13,17H,4-5,8-9H2,1-2H3. The molecule has 18 heavy (non-hydrogen) atoms. The van der Waals surface area contributed by atoms with Crippen LogP contribution in [0, 0.1) is 6.92 Å². The maximum atomic E-state index is 6.26. The van der Waals surface area contributed by atoms with Gasteiger partial charge >= 0.3 is 0 Å². The summed E-state index contributed by atoms with van der Waals surface area (Å²) >= 11 is 6.26. The third kappa shape index (κ3) is 2.24. The number of piperidine rings is 1. The lowest BCUT2D eigenvalue weighted by Crippen LogP contribution is -2.44. The molecule has 2 fully saturated rings. The lowest BCUT2D eigenvalue weighted by Gasteiger charge is -2.37. The fraction of sp³-hybridized carbons (Fsp3) is 0.600. The molecule has 1 aromatic rings. The van der Waals surface area contributed by atoms with Crippen LogP contribution >= 0.6 is 11.6 Å². The van der Waals surface area contributed by atoms with E-state index in [4.69, 9.17) is 11.6 Å². The van der Waals surface area contributed by atoms with Gasteiger partial charge in [-0.05, 0) is 57.4 Å². The summed E-state index contributed by atoms with van der Waals surface area (Å²) in [6, 6.07) is 8.32. The Kier molecular flexibility index (Phi) is 3.25. The van der Waals surface area contributed by atoms with Gasteiger partial charge in [0.1, 0.15) is 0 Å². The third-order valence-electron chi connectivity index (χ3n) is 4.58. The number of benzene rings is 1.